The van der Waals surface area contributed by atoms with Crippen molar-refractivity contribution in [2.45, 2.75) is 11.3 Å². The molecule has 0 amide bonds. The van der Waals surface area contributed by atoms with Crippen LogP contribution in [0.4, 0.5) is 5.69 Å². The third-order valence-electron chi connectivity index (χ3n) is 2.15. The Morgan fingerprint density at radius 2 is 2.14 bits per heavy atom. The quantitative estimate of drug-likeness (QED) is 0.806. The van der Waals surface area contributed by atoms with Gasteiger partial charge >= 0.3 is 0 Å². The molecule has 0 bridgehead atoms. The number of nitrogens with two attached hydrogens (primary N) is 1. The van der Waals surface area contributed by atoms with Gasteiger partial charge in [0.25, 0.3) is 0 Å². The number of rotatable bonds is 1. The molecular weight excluding hydrogens is 268 g/mol. The molecule has 0 radical (unpaired) electrons. The third kappa shape index (κ3) is 1.65. The topological polar surface area (TPSA) is 72.2 Å². The summed E-state index contributed by atoms with van der Waals surface area (Å²) in [4.78, 5) is 0.166. The predicted molar refractivity (Wildman–Crippen MR) is 57.7 cm³/mol. The van der Waals surface area contributed by atoms with Crippen molar-refractivity contribution in [3.8, 4) is 0 Å². The summed E-state index contributed by atoms with van der Waals surface area (Å²) in [6, 6.07) is 3.43. The molecule has 6 heteroatoms. The molecule has 0 spiro atoms. The summed E-state index contributed by atoms with van der Waals surface area (Å²) >= 11 is 3.26. The Hall–Kier alpha value is -0.590. The molecule has 1 aromatic rings. The molecule has 0 saturated carbocycles. The van der Waals surface area contributed by atoms with E-state index in [1.54, 1.807) is 0 Å². The molecule has 14 heavy (non-hydrogen) atoms. The Labute approximate surface area is 90.7 Å². The SMILES string of the molecule is NS(=O)(=O)c1cc(Br)cc2c1NCC2. The maximum atomic E-state index is 11.3. The molecule has 0 aromatic heterocycles. The molecule has 76 valence electrons. The maximum absolute atomic E-state index is 11.3. The first kappa shape index (κ1) is 9.95. The Balaban J connectivity index is 2.72. The van der Waals surface area contributed by atoms with Gasteiger partial charge in [0.1, 0.15) is 4.90 Å². The monoisotopic (exact) mass is 276 g/mol. The summed E-state index contributed by atoms with van der Waals surface area (Å²) in [7, 11) is -3.64. The number of sulfonamides is 1. The van der Waals surface area contributed by atoms with Crippen LogP contribution in [-0.4, -0.2) is 15.0 Å². The van der Waals surface area contributed by atoms with Crippen LogP contribution < -0.4 is 10.5 Å². The minimum absolute atomic E-state index is 0.166. The highest BCUT2D eigenvalue weighted by Crippen LogP contribution is 2.32. The summed E-state index contributed by atoms with van der Waals surface area (Å²) in [6.45, 7) is 0.758. The van der Waals surface area contributed by atoms with Gasteiger partial charge in [-0.05, 0) is 24.1 Å². The van der Waals surface area contributed by atoms with Crippen molar-refractivity contribution in [2.75, 3.05) is 11.9 Å². The second-order valence-electron chi connectivity index (χ2n) is 3.16. The first-order valence-corrected chi connectivity index (χ1v) is 6.41. The van der Waals surface area contributed by atoms with Gasteiger partial charge in [0.15, 0.2) is 0 Å². The lowest BCUT2D eigenvalue weighted by Crippen LogP contribution is -2.14. The molecule has 1 aliphatic rings. The predicted octanol–water partition coefficient (Wildman–Crippen LogP) is 1.06. The number of nitrogens with one attached hydrogen (secondary N) is 1. The molecule has 1 aliphatic heterocycles. The molecule has 0 atom stereocenters. The molecule has 3 N–H and O–H groups in total. The summed E-state index contributed by atoms with van der Waals surface area (Å²) in [5.41, 5.74) is 1.64. The highest BCUT2D eigenvalue weighted by atomic mass is 79.9. The molecule has 0 saturated heterocycles. The lowest BCUT2D eigenvalue weighted by Gasteiger charge is -2.07. The van der Waals surface area contributed by atoms with E-state index in [9.17, 15) is 8.42 Å². The normalized spacial score (nSPS) is 15.0. The van der Waals surface area contributed by atoms with Crippen LogP contribution in [0.3, 0.4) is 0 Å². The largest absolute Gasteiger partial charge is 0.383 e. The Bertz CT molecular complexity index is 484. The number of primary sulfonamides is 1. The first-order chi connectivity index (χ1) is 6.48. The van der Waals surface area contributed by atoms with Crippen molar-refractivity contribution in [1.82, 2.24) is 0 Å². The smallest absolute Gasteiger partial charge is 0.240 e. The lowest BCUT2D eigenvalue weighted by molar-refractivity contribution is 0.598. The standard InChI is InChI=1S/C8H9BrN2O2S/c9-6-3-5-1-2-11-8(5)7(4-6)14(10,12)13/h3-4,11H,1-2H2,(H2,10,12,13). The number of hydrogen-bond acceptors (Lipinski definition) is 3. The van der Waals surface area contributed by atoms with Crippen molar-refractivity contribution in [3.05, 3.63) is 22.2 Å². The van der Waals surface area contributed by atoms with Crippen LogP contribution in [-0.2, 0) is 16.4 Å². The van der Waals surface area contributed by atoms with Crippen molar-refractivity contribution in [2.24, 2.45) is 5.14 Å². The van der Waals surface area contributed by atoms with Gasteiger partial charge in [-0.3, -0.25) is 0 Å². The average molecular weight is 277 g/mol. The number of anilines is 1. The summed E-state index contributed by atoms with van der Waals surface area (Å²) < 4.78 is 23.3. The summed E-state index contributed by atoms with van der Waals surface area (Å²) in [6.07, 6.45) is 0.831. The molecule has 2 rings (SSSR count). The van der Waals surface area contributed by atoms with E-state index < -0.39 is 10.0 Å². The Kier molecular flexibility index (Phi) is 2.29. The fourth-order valence-electron chi connectivity index (χ4n) is 1.58. The second-order valence-corrected chi connectivity index (χ2v) is 5.61. The van der Waals surface area contributed by atoms with E-state index in [-0.39, 0.29) is 4.90 Å². The van der Waals surface area contributed by atoms with Gasteiger partial charge in [0.2, 0.25) is 10.0 Å². The van der Waals surface area contributed by atoms with Crippen LogP contribution in [0.15, 0.2) is 21.5 Å². The minimum Gasteiger partial charge on any atom is -0.383 e. The van der Waals surface area contributed by atoms with Crippen molar-refractivity contribution in [1.29, 1.82) is 0 Å². The van der Waals surface area contributed by atoms with Gasteiger partial charge in [-0.1, -0.05) is 15.9 Å². The highest BCUT2D eigenvalue weighted by molar-refractivity contribution is 9.10. The molecular formula is C8H9BrN2O2S. The van der Waals surface area contributed by atoms with Crippen LogP contribution in [0.1, 0.15) is 5.56 Å². The summed E-state index contributed by atoms with van der Waals surface area (Å²) in [5, 5.41) is 8.13. The number of halogens is 1. The zero-order valence-corrected chi connectivity index (χ0v) is 9.65. The van der Waals surface area contributed by atoms with Crippen LogP contribution >= 0.6 is 15.9 Å². The second kappa shape index (κ2) is 3.22. The maximum Gasteiger partial charge on any atom is 0.240 e. The first-order valence-electron chi connectivity index (χ1n) is 4.07. The number of fused-ring (bicyclic) bond motifs is 1. The van der Waals surface area contributed by atoms with Gasteiger partial charge in [0.05, 0.1) is 5.69 Å². The van der Waals surface area contributed by atoms with Crippen LogP contribution in [0.2, 0.25) is 0 Å². The highest BCUT2D eigenvalue weighted by Gasteiger charge is 2.21. The van der Waals surface area contributed by atoms with Gasteiger partial charge < -0.3 is 5.32 Å². The Morgan fingerprint density at radius 1 is 1.43 bits per heavy atom. The molecule has 0 aliphatic carbocycles. The zero-order valence-electron chi connectivity index (χ0n) is 7.25. The Morgan fingerprint density at radius 3 is 2.79 bits per heavy atom. The molecule has 1 heterocycles. The molecule has 1 aromatic carbocycles. The third-order valence-corrected chi connectivity index (χ3v) is 3.54. The van der Waals surface area contributed by atoms with Gasteiger partial charge in [0, 0.05) is 11.0 Å². The lowest BCUT2D eigenvalue weighted by atomic mass is 10.2. The van der Waals surface area contributed by atoms with E-state index in [1.165, 1.54) is 6.07 Å². The van der Waals surface area contributed by atoms with Crippen LogP contribution in [0.5, 0.6) is 0 Å². The fourth-order valence-corrected chi connectivity index (χ4v) is 3.02. The van der Waals surface area contributed by atoms with Gasteiger partial charge in [-0.2, -0.15) is 0 Å². The van der Waals surface area contributed by atoms with E-state index >= 15 is 0 Å². The summed E-state index contributed by atoms with van der Waals surface area (Å²) in [5.74, 6) is 0. The van der Waals surface area contributed by atoms with Crippen LogP contribution in [0.25, 0.3) is 0 Å². The van der Waals surface area contributed by atoms with E-state index in [0.29, 0.717) is 5.69 Å². The number of hydrogen-bond donors (Lipinski definition) is 2. The van der Waals surface area contributed by atoms with E-state index in [4.69, 9.17) is 5.14 Å². The van der Waals surface area contributed by atoms with Gasteiger partial charge in [-0.25, -0.2) is 13.6 Å². The average Bonchev–Trinajstić information content (AvgIpc) is 2.47. The van der Waals surface area contributed by atoms with Crippen LogP contribution in [0, 0.1) is 0 Å². The fraction of sp³-hybridized carbons (Fsp3) is 0.250. The van der Waals surface area contributed by atoms with E-state index in [1.807, 2.05) is 6.07 Å². The van der Waals surface area contributed by atoms with Gasteiger partial charge in [-0.15, -0.1) is 0 Å². The van der Waals surface area contributed by atoms with Crippen molar-refractivity contribution < 1.29 is 8.42 Å². The zero-order chi connectivity index (χ0) is 10.3. The van der Waals surface area contributed by atoms with Crippen molar-refractivity contribution >= 4 is 31.6 Å². The molecule has 0 unspecified atom stereocenters. The minimum atomic E-state index is -3.64. The van der Waals surface area contributed by atoms with Crippen molar-refractivity contribution in [3.63, 3.8) is 0 Å². The molecule has 4 nitrogen and oxygen atoms in total. The number of benzene rings is 1. The molecule has 0 fully saturated rings. The van der Waals surface area contributed by atoms with E-state index in [0.717, 1.165) is 23.0 Å². The van der Waals surface area contributed by atoms with E-state index in [2.05, 4.69) is 21.2 Å².